The first-order valence-corrected chi connectivity index (χ1v) is 5.64. The Hall–Kier alpha value is -0.860. The van der Waals surface area contributed by atoms with Crippen LogP contribution in [0.2, 0.25) is 0 Å². The number of hydrogen-bond acceptors (Lipinski definition) is 2. The van der Waals surface area contributed by atoms with Crippen molar-refractivity contribution in [3.63, 3.8) is 0 Å². The van der Waals surface area contributed by atoms with Gasteiger partial charge in [-0.3, -0.25) is 0 Å². The number of rotatable bonds is 0. The minimum Gasteiger partial charge on any atom is -0.350 e. The fourth-order valence-corrected chi connectivity index (χ4v) is 2.82. The van der Waals surface area contributed by atoms with Crippen molar-refractivity contribution in [1.29, 1.82) is 0 Å². The number of fused-ring (bicyclic) bond motifs is 3. The van der Waals surface area contributed by atoms with Crippen LogP contribution in [0.1, 0.15) is 31.1 Å². The standard InChI is InChI=1S/C13H16O2/c1-8-12-7-10-5-3-4-6-11(10)13(12)15-9(2)14-8/h3-6,8-9,12-13H,7H2,1-2H3/t8-,9-,12+,13+/m0/s1. The largest absolute Gasteiger partial charge is 0.350 e. The van der Waals surface area contributed by atoms with Gasteiger partial charge in [-0.1, -0.05) is 24.3 Å². The minimum absolute atomic E-state index is 0.0765. The van der Waals surface area contributed by atoms with Gasteiger partial charge in [0.15, 0.2) is 6.29 Å². The van der Waals surface area contributed by atoms with E-state index in [2.05, 4.69) is 31.2 Å². The predicted octanol–water partition coefficient (Wildman–Crippen LogP) is 2.68. The fourth-order valence-electron chi connectivity index (χ4n) is 2.82. The van der Waals surface area contributed by atoms with Crippen LogP contribution in [0, 0.1) is 5.92 Å². The molecule has 0 N–H and O–H groups in total. The summed E-state index contributed by atoms with van der Waals surface area (Å²) >= 11 is 0. The molecule has 2 aliphatic rings. The zero-order valence-corrected chi connectivity index (χ0v) is 9.14. The Balaban J connectivity index is 1.98. The van der Waals surface area contributed by atoms with Crippen LogP contribution in [0.3, 0.4) is 0 Å². The molecule has 1 heterocycles. The first-order chi connectivity index (χ1) is 7.25. The Morgan fingerprint density at radius 1 is 1.13 bits per heavy atom. The maximum atomic E-state index is 5.88. The highest BCUT2D eigenvalue weighted by Gasteiger charge is 2.41. The van der Waals surface area contributed by atoms with E-state index in [4.69, 9.17) is 9.47 Å². The first kappa shape index (κ1) is 9.37. The van der Waals surface area contributed by atoms with Gasteiger partial charge in [0.1, 0.15) is 0 Å². The second kappa shape index (κ2) is 3.32. The molecule has 2 nitrogen and oxygen atoms in total. The van der Waals surface area contributed by atoms with Gasteiger partial charge in [-0.15, -0.1) is 0 Å². The highest BCUT2D eigenvalue weighted by Crippen LogP contribution is 2.44. The summed E-state index contributed by atoms with van der Waals surface area (Å²) in [5, 5.41) is 0. The predicted molar refractivity (Wildman–Crippen MR) is 57.5 cm³/mol. The monoisotopic (exact) mass is 204 g/mol. The maximum absolute atomic E-state index is 5.88. The second-order valence-corrected chi connectivity index (χ2v) is 4.53. The second-order valence-electron chi connectivity index (χ2n) is 4.53. The Morgan fingerprint density at radius 2 is 1.93 bits per heavy atom. The average Bonchev–Trinajstić information content (AvgIpc) is 2.57. The molecule has 1 saturated heterocycles. The number of benzene rings is 1. The third-order valence-electron chi connectivity index (χ3n) is 3.55. The van der Waals surface area contributed by atoms with Crippen molar-refractivity contribution in [2.75, 3.05) is 0 Å². The summed E-state index contributed by atoms with van der Waals surface area (Å²) in [6.07, 6.45) is 1.56. The van der Waals surface area contributed by atoms with Crippen LogP contribution in [-0.4, -0.2) is 12.4 Å². The lowest BCUT2D eigenvalue weighted by Crippen LogP contribution is -2.37. The molecule has 0 spiro atoms. The summed E-state index contributed by atoms with van der Waals surface area (Å²) < 4.78 is 11.6. The van der Waals surface area contributed by atoms with E-state index in [0.717, 1.165) is 6.42 Å². The molecule has 80 valence electrons. The van der Waals surface area contributed by atoms with Crippen molar-refractivity contribution in [2.45, 2.75) is 38.8 Å². The van der Waals surface area contributed by atoms with Gasteiger partial charge in [0.05, 0.1) is 12.2 Å². The van der Waals surface area contributed by atoms with Gasteiger partial charge in [0.2, 0.25) is 0 Å². The van der Waals surface area contributed by atoms with Gasteiger partial charge < -0.3 is 9.47 Å². The topological polar surface area (TPSA) is 18.5 Å². The van der Waals surface area contributed by atoms with Crippen LogP contribution >= 0.6 is 0 Å². The molecule has 1 aliphatic heterocycles. The molecule has 0 aromatic heterocycles. The molecule has 2 heteroatoms. The molecule has 0 unspecified atom stereocenters. The summed E-state index contributed by atoms with van der Waals surface area (Å²) in [5.74, 6) is 0.499. The van der Waals surface area contributed by atoms with E-state index < -0.39 is 0 Å². The molecule has 3 rings (SSSR count). The third kappa shape index (κ3) is 1.40. The Kier molecular flexibility index (Phi) is 2.08. The minimum atomic E-state index is -0.0765. The van der Waals surface area contributed by atoms with Crippen LogP contribution in [0.5, 0.6) is 0 Å². The molecule has 4 atom stereocenters. The lowest BCUT2D eigenvalue weighted by Gasteiger charge is -2.36. The van der Waals surface area contributed by atoms with Gasteiger partial charge in [0.25, 0.3) is 0 Å². The maximum Gasteiger partial charge on any atom is 0.156 e. The van der Waals surface area contributed by atoms with Gasteiger partial charge in [-0.2, -0.15) is 0 Å². The zero-order valence-electron chi connectivity index (χ0n) is 9.14. The smallest absolute Gasteiger partial charge is 0.156 e. The molecule has 0 bridgehead atoms. The normalized spacial score (nSPS) is 38.5. The summed E-state index contributed by atoms with van der Waals surface area (Å²) in [6, 6.07) is 8.58. The number of hydrogen-bond donors (Lipinski definition) is 0. The molecule has 15 heavy (non-hydrogen) atoms. The van der Waals surface area contributed by atoms with E-state index in [1.807, 2.05) is 6.92 Å². The molecule has 0 radical (unpaired) electrons. The average molecular weight is 204 g/mol. The zero-order chi connectivity index (χ0) is 10.4. The van der Waals surface area contributed by atoms with Crippen molar-refractivity contribution >= 4 is 0 Å². The Morgan fingerprint density at radius 3 is 2.80 bits per heavy atom. The van der Waals surface area contributed by atoms with Gasteiger partial charge in [-0.05, 0) is 31.4 Å². The Bertz CT molecular complexity index is 375. The highest BCUT2D eigenvalue weighted by molar-refractivity contribution is 5.35. The van der Waals surface area contributed by atoms with E-state index >= 15 is 0 Å². The van der Waals surface area contributed by atoms with E-state index in [-0.39, 0.29) is 12.4 Å². The van der Waals surface area contributed by atoms with E-state index in [1.165, 1.54) is 11.1 Å². The van der Waals surface area contributed by atoms with Crippen molar-refractivity contribution in [1.82, 2.24) is 0 Å². The van der Waals surface area contributed by atoms with Gasteiger partial charge in [-0.25, -0.2) is 0 Å². The van der Waals surface area contributed by atoms with Crippen molar-refractivity contribution in [3.05, 3.63) is 35.4 Å². The van der Waals surface area contributed by atoms with Crippen molar-refractivity contribution < 1.29 is 9.47 Å². The molecular weight excluding hydrogens is 188 g/mol. The van der Waals surface area contributed by atoms with Crippen LogP contribution in [0.15, 0.2) is 24.3 Å². The van der Waals surface area contributed by atoms with Crippen molar-refractivity contribution in [3.8, 4) is 0 Å². The third-order valence-corrected chi connectivity index (χ3v) is 3.55. The molecule has 1 aromatic rings. The van der Waals surface area contributed by atoms with E-state index in [1.54, 1.807) is 0 Å². The quantitative estimate of drug-likeness (QED) is 0.647. The van der Waals surface area contributed by atoms with Crippen LogP contribution in [0.4, 0.5) is 0 Å². The van der Waals surface area contributed by atoms with Crippen LogP contribution in [-0.2, 0) is 15.9 Å². The summed E-state index contributed by atoms with van der Waals surface area (Å²) in [5.41, 5.74) is 2.79. The molecule has 1 aliphatic carbocycles. The SMILES string of the molecule is C[C@H]1O[C@@H](C)[C@H]2Cc3ccccc3[C@H]2O1. The van der Waals surface area contributed by atoms with E-state index in [9.17, 15) is 0 Å². The van der Waals surface area contributed by atoms with Gasteiger partial charge >= 0.3 is 0 Å². The van der Waals surface area contributed by atoms with Crippen molar-refractivity contribution in [2.24, 2.45) is 5.92 Å². The van der Waals surface area contributed by atoms with E-state index in [0.29, 0.717) is 12.0 Å². The molecule has 0 amide bonds. The van der Waals surface area contributed by atoms with Crippen LogP contribution < -0.4 is 0 Å². The summed E-state index contributed by atoms with van der Waals surface area (Å²) in [6.45, 7) is 4.14. The highest BCUT2D eigenvalue weighted by atomic mass is 16.7. The summed E-state index contributed by atoms with van der Waals surface area (Å²) in [4.78, 5) is 0. The molecular formula is C13H16O2. The fraction of sp³-hybridized carbons (Fsp3) is 0.538. The first-order valence-electron chi connectivity index (χ1n) is 5.64. The lowest BCUT2D eigenvalue weighted by atomic mass is 9.96. The van der Waals surface area contributed by atoms with Gasteiger partial charge in [0, 0.05) is 5.92 Å². The Labute approximate surface area is 90.2 Å². The molecule has 1 fully saturated rings. The lowest BCUT2D eigenvalue weighted by molar-refractivity contribution is -0.254. The summed E-state index contributed by atoms with van der Waals surface area (Å²) in [7, 11) is 0. The van der Waals surface area contributed by atoms with Crippen LogP contribution in [0.25, 0.3) is 0 Å². The molecule has 0 saturated carbocycles. The number of ether oxygens (including phenoxy) is 2. The molecule has 1 aromatic carbocycles.